The average molecular weight is 605 g/mol. The summed E-state index contributed by atoms with van der Waals surface area (Å²) in [5, 5.41) is 5.94. The standard InChI is InChI=1S/C37H40N4O4/c1-37(2,3)45-36(42)41-21-11-16-29(23-41)28-17-18-30-32(22-28)40(4)39-34(30)31-19-20-33(43-24-26-12-7-5-8-13-26)38-35(31)44-25-27-14-9-6-10-15-27/h5-10,12-15,17-20,22,29H,11,16,21,23-25H2,1-4H3/t29-/m1/s1. The smallest absolute Gasteiger partial charge is 0.410 e. The summed E-state index contributed by atoms with van der Waals surface area (Å²) in [6.45, 7) is 7.84. The van der Waals surface area contributed by atoms with Crippen molar-refractivity contribution in [3.8, 4) is 23.0 Å². The van der Waals surface area contributed by atoms with E-state index in [4.69, 9.17) is 24.3 Å². The molecule has 0 saturated carbocycles. The molecule has 6 rings (SSSR count). The lowest BCUT2D eigenvalue weighted by atomic mass is 9.90. The van der Waals surface area contributed by atoms with E-state index in [1.807, 2.05) is 110 Å². The fraction of sp³-hybridized carbons (Fsp3) is 0.324. The quantitative estimate of drug-likeness (QED) is 0.179. The molecule has 8 heteroatoms. The molecule has 0 spiro atoms. The zero-order chi connectivity index (χ0) is 31.4. The summed E-state index contributed by atoms with van der Waals surface area (Å²) in [4.78, 5) is 19.4. The first-order valence-corrected chi connectivity index (χ1v) is 15.5. The molecule has 2 aromatic heterocycles. The van der Waals surface area contributed by atoms with E-state index < -0.39 is 5.60 Å². The monoisotopic (exact) mass is 604 g/mol. The molecule has 1 fully saturated rings. The zero-order valence-electron chi connectivity index (χ0n) is 26.4. The second kappa shape index (κ2) is 13.0. The number of hydrogen-bond acceptors (Lipinski definition) is 6. The molecule has 0 unspecified atom stereocenters. The molecule has 1 aliphatic heterocycles. The van der Waals surface area contributed by atoms with Gasteiger partial charge in [0.15, 0.2) is 0 Å². The predicted molar refractivity (Wildman–Crippen MR) is 175 cm³/mol. The van der Waals surface area contributed by atoms with Crippen LogP contribution in [0.15, 0.2) is 91.0 Å². The van der Waals surface area contributed by atoms with Crippen molar-refractivity contribution in [1.82, 2.24) is 19.7 Å². The third-order valence-corrected chi connectivity index (χ3v) is 7.96. The van der Waals surface area contributed by atoms with E-state index in [-0.39, 0.29) is 12.0 Å². The van der Waals surface area contributed by atoms with E-state index in [1.54, 1.807) is 0 Å². The number of aryl methyl sites for hydroxylation is 1. The number of rotatable bonds is 8. The number of fused-ring (bicyclic) bond motifs is 1. The first-order chi connectivity index (χ1) is 21.7. The minimum Gasteiger partial charge on any atom is -0.473 e. The maximum atomic E-state index is 12.8. The number of carbonyl (C=O) groups excluding carboxylic acids is 1. The molecular weight excluding hydrogens is 564 g/mol. The molecule has 1 saturated heterocycles. The van der Waals surface area contributed by atoms with Crippen LogP contribution in [-0.4, -0.2) is 44.4 Å². The number of likely N-dealkylation sites (tertiary alicyclic amines) is 1. The van der Waals surface area contributed by atoms with Crippen molar-refractivity contribution in [2.75, 3.05) is 13.1 Å². The first-order valence-electron chi connectivity index (χ1n) is 15.5. The van der Waals surface area contributed by atoms with Crippen LogP contribution in [-0.2, 0) is 25.0 Å². The van der Waals surface area contributed by atoms with Gasteiger partial charge in [0.25, 0.3) is 0 Å². The number of ether oxygens (including phenoxy) is 3. The molecule has 232 valence electrons. The predicted octanol–water partition coefficient (Wildman–Crippen LogP) is 7.91. The Morgan fingerprint density at radius 2 is 1.58 bits per heavy atom. The van der Waals surface area contributed by atoms with Crippen molar-refractivity contribution in [3.63, 3.8) is 0 Å². The Balaban J connectivity index is 1.28. The fourth-order valence-electron chi connectivity index (χ4n) is 5.72. The number of aromatic nitrogens is 3. The highest BCUT2D eigenvalue weighted by molar-refractivity contribution is 5.95. The van der Waals surface area contributed by atoms with Crippen LogP contribution in [0.3, 0.4) is 0 Å². The molecule has 0 aliphatic carbocycles. The van der Waals surface area contributed by atoms with Crippen molar-refractivity contribution < 1.29 is 19.0 Å². The van der Waals surface area contributed by atoms with Gasteiger partial charge in [0, 0.05) is 37.5 Å². The van der Waals surface area contributed by atoms with Crippen LogP contribution in [0.4, 0.5) is 4.79 Å². The van der Waals surface area contributed by atoms with Crippen molar-refractivity contribution in [3.05, 3.63) is 108 Å². The van der Waals surface area contributed by atoms with Gasteiger partial charge in [-0.05, 0) is 62.4 Å². The van der Waals surface area contributed by atoms with Crippen LogP contribution < -0.4 is 9.47 Å². The van der Waals surface area contributed by atoms with Crippen molar-refractivity contribution in [2.45, 2.75) is 58.3 Å². The van der Waals surface area contributed by atoms with Crippen LogP contribution >= 0.6 is 0 Å². The van der Waals surface area contributed by atoms with Crippen molar-refractivity contribution in [1.29, 1.82) is 0 Å². The molecule has 5 aromatic rings. The number of amides is 1. The molecule has 0 radical (unpaired) electrons. The summed E-state index contributed by atoms with van der Waals surface area (Å²) in [6.07, 6.45) is 1.70. The highest BCUT2D eigenvalue weighted by Gasteiger charge is 2.29. The first kappa shape index (κ1) is 30.2. The molecule has 8 nitrogen and oxygen atoms in total. The summed E-state index contributed by atoms with van der Waals surface area (Å²) in [6, 6.07) is 30.4. The van der Waals surface area contributed by atoms with Gasteiger partial charge in [0.2, 0.25) is 11.8 Å². The Bertz CT molecular complexity index is 1760. The van der Waals surface area contributed by atoms with E-state index in [0.717, 1.165) is 46.1 Å². The summed E-state index contributed by atoms with van der Waals surface area (Å²) in [5.74, 6) is 1.18. The minimum atomic E-state index is -0.515. The van der Waals surface area contributed by atoms with Gasteiger partial charge in [-0.15, -0.1) is 0 Å². The van der Waals surface area contributed by atoms with Gasteiger partial charge in [-0.1, -0.05) is 72.8 Å². The Kier molecular flexibility index (Phi) is 8.74. The number of piperidine rings is 1. The summed E-state index contributed by atoms with van der Waals surface area (Å²) >= 11 is 0. The topological polar surface area (TPSA) is 78.7 Å². The highest BCUT2D eigenvalue weighted by Crippen LogP contribution is 2.37. The lowest BCUT2D eigenvalue weighted by molar-refractivity contribution is 0.0198. The molecule has 1 atom stereocenters. The van der Waals surface area contributed by atoms with Gasteiger partial charge < -0.3 is 19.1 Å². The molecule has 1 amide bonds. The van der Waals surface area contributed by atoms with E-state index >= 15 is 0 Å². The average Bonchev–Trinajstić information content (AvgIpc) is 3.38. The molecule has 45 heavy (non-hydrogen) atoms. The Morgan fingerprint density at radius 3 is 2.27 bits per heavy atom. The summed E-state index contributed by atoms with van der Waals surface area (Å²) < 4.78 is 19.9. The highest BCUT2D eigenvalue weighted by atomic mass is 16.6. The Labute approximate surface area is 264 Å². The Hall–Kier alpha value is -4.85. The molecule has 3 aromatic carbocycles. The Morgan fingerprint density at radius 1 is 0.889 bits per heavy atom. The number of carbonyl (C=O) groups is 1. The molecule has 3 heterocycles. The summed E-state index contributed by atoms with van der Waals surface area (Å²) in [7, 11) is 1.96. The van der Waals surface area contributed by atoms with Gasteiger partial charge in [-0.3, -0.25) is 4.68 Å². The van der Waals surface area contributed by atoms with Crippen LogP contribution in [0.5, 0.6) is 11.8 Å². The van der Waals surface area contributed by atoms with Crippen LogP contribution in [0.1, 0.15) is 56.2 Å². The third-order valence-electron chi connectivity index (χ3n) is 7.96. The number of hydrogen-bond donors (Lipinski definition) is 0. The van der Waals surface area contributed by atoms with Gasteiger partial charge in [-0.2, -0.15) is 10.1 Å². The number of nitrogens with zero attached hydrogens (tertiary/aromatic N) is 4. The van der Waals surface area contributed by atoms with Crippen LogP contribution in [0.2, 0.25) is 0 Å². The molecule has 1 aliphatic rings. The van der Waals surface area contributed by atoms with E-state index in [9.17, 15) is 4.79 Å². The fourth-order valence-corrected chi connectivity index (χ4v) is 5.72. The molecule has 0 bridgehead atoms. The molecule has 0 N–H and O–H groups in total. The minimum absolute atomic E-state index is 0.224. The van der Waals surface area contributed by atoms with E-state index in [0.29, 0.717) is 38.1 Å². The van der Waals surface area contributed by atoms with Crippen molar-refractivity contribution in [2.24, 2.45) is 7.05 Å². The maximum absolute atomic E-state index is 12.8. The largest absolute Gasteiger partial charge is 0.473 e. The van der Waals surface area contributed by atoms with Crippen LogP contribution in [0, 0.1) is 0 Å². The van der Waals surface area contributed by atoms with Crippen molar-refractivity contribution >= 4 is 17.0 Å². The van der Waals surface area contributed by atoms with E-state index in [1.165, 1.54) is 5.56 Å². The normalized spacial score (nSPS) is 15.2. The maximum Gasteiger partial charge on any atom is 0.410 e. The summed E-state index contributed by atoms with van der Waals surface area (Å²) in [5.41, 5.74) is 5.38. The van der Waals surface area contributed by atoms with Gasteiger partial charge >= 0.3 is 6.09 Å². The lowest BCUT2D eigenvalue weighted by Crippen LogP contribution is -2.42. The van der Waals surface area contributed by atoms with Gasteiger partial charge in [0.05, 0.1) is 11.1 Å². The lowest BCUT2D eigenvalue weighted by Gasteiger charge is -2.34. The molecular formula is C37H40N4O4. The second-order valence-electron chi connectivity index (χ2n) is 12.6. The van der Waals surface area contributed by atoms with E-state index in [2.05, 4.69) is 18.2 Å². The van der Waals surface area contributed by atoms with Crippen LogP contribution in [0.25, 0.3) is 22.2 Å². The number of pyridine rings is 1. The van der Waals surface area contributed by atoms with Gasteiger partial charge in [-0.25, -0.2) is 4.79 Å². The number of benzene rings is 3. The van der Waals surface area contributed by atoms with Gasteiger partial charge in [0.1, 0.15) is 24.5 Å². The second-order valence-corrected chi connectivity index (χ2v) is 12.6. The SMILES string of the molecule is Cn1nc(-c2ccc(OCc3ccccc3)nc2OCc2ccccc2)c2ccc([C@@H]3CCCN(C(=O)OC(C)(C)C)C3)cc21. The zero-order valence-corrected chi connectivity index (χ0v) is 26.4. The third kappa shape index (κ3) is 7.28.